The Morgan fingerprint density at radius 3 is 2.91 bits per heavy atom. The second-order valence-electron chi connectivity index (χ2n) is 8.89. The highest BCUT2D eigenvalue weighted by Crippen LogP contribution is 2.21. The van der Waals surface area contributed by atoms with Crippen LogP contribution in [0.3, 0.4) is 0 Å². The predicted octanol–water partition coefficient (Wildman–Crippen LogP) is 4.74. The van der Waals surface area contributed by atoms with E-state index in [1.54, 1.807) is 0 Å². The van der Waals surface area contributed by atoms with Gasteiger partial charge in [0, 0.05) is 26.1 Å². The fourth-order valence-corrected chi connectivity index (χ4v) is 4.34. The number of amides is 1. The van der Waals surface area contributed by atoms with E-state index in [2.05, 4.69) is 60.1 Å². The Kier molecular flexibility index (Phi) is 8.00. The number of aryl methyl sites for hydroxylation is 4. The minimum absolute atomic E-state index is 0.0184. The lowest BCUT2D eigenvalue weighted by molar-refractivity contribution is -0.130. The quantitative estimate of drug-likeness (QED) is 0.430. The Balaban J connectivity index is 1.28. The first-order valence-corrected chi connectivity index (χ1v) is 12.2. The summed E-state index contributed by atoms with van der Waals surface area (Å²) in [4.78, 5) is 17.0. The molecule has 1 atom stereocenters. The molecule has 1 aliphatic heterocycles. The van der Waals surface area contributed by atoms with Crippen LogP contribution >= 0.6 is 0 Å². The molecule has 0 saturated carbocycles. The summed E-state index contributed by atoms with van der Waals surface area (Å²) in [5.41, 5.74) is 4.60. The lowest BCUT2D eigenvalue weighted by atomic mass is 10.1. The van der Waals surface area contributed by atoms with Crippen LogP contribution in [0.15, 0.2) is 42.5 Å². The largest absolute Gasteiger partial charge is 0.493 e. The molecule has 6 nitrogen and oxygen atoms in total. The van der Waals surface area contributed by atoms with E-state index in [9.17, 15) is 4.79 Å². The smallest absolute Gasteiger partial charge is 0.249 e. The number of nitrogens with one attached hydrogen (secondary N) is 1. The van der Waals surface area contributed by atoms with Gasteiger partial charge in [-0.1, -0.05) is 24.3 Å². The van der Waals surface area contributed by atoms with E-state index in [4.69, 9.17) is 14.5 Å². The van der Waals surface area contributed by atoms with Gasteiger partial charge in [-0.2, -0.15) is 0 Å². The predicted molar refractivity (Wildman–Crippen MR) is 131 cm³/mol. The van der Waals surface area contributed by atoms with Gasteiger partial charge in [0.05, 0.1) is 17.6 Å². The van der Waals surface area contributed by atoms with Gasteiger partial charge in [0.15, 0.2) is 0 Å². The SMILES string of the molecule is Cc1ccc(C)c(OCCCCn2c(CCCNC(=O)C3CCCO3)nc3ccccc32)c1. The van der Waals surface area contributed by atoms with Crippen LogP contribution in [0.5, 0.6) is 5.75 Å². The Morgan fingerprint density at radius 1 is 1.18 bits per heavy atom. The fourth-order valence-electron chi connectivity index (χ4n) is 4.34. The number of ether oxygens (including phenoxy) is 2. The first-order chi connectivity index (χ1) is 16.1. The third kappa shape index (κ3) is 6.14. The number of carbonyl (C=O) groups excluding carboxylic acids is 1. The second kappa shape index (κ2) is 11.3. The highest BCUT2D eigenvalue weighted by atomic mass is 16.5. The molecule has 1 amide bonds. The van der Waals surface area contributed by atoms with Crippen molar-refractivity contribution in [2.75, 3.05) is 19.8 Å². The topological polar surface area (TPSA) is 65.4 Å². The number of rotatable bonds is 11. The first kappa shape index (κ1) is 23.3. The summed E-state index contributed by atoms with van der Waals surface area (Å²) in [6.45, 7) is 7.13. The monoisotopic (exact) mass is 449 g/mol. The summed E-state index contributed by atoms with van der Waals surface area (Å²) >= 11 is 0. The van der Waals surface area contributed by atoms with Crippen LogP contribution in [0.4, 0.5) is 0 Å². The number of para-hydroxylation sites is 2. The normalized spacial score (nSPS) is 15.8. The lowest BCUT2D eigenvalue weighted by Crippen LogP contribution is -2.34. The molecule has 1 N–H and O–H groups in total. The molecular formula is C27H35N3O3. The molecule has 0 bridgehead atoms. The summed E-state index contributed by atoms with van der Waals surface area (Å²) in [6.07, 6.45) is 5.23. The molecule has 0 radical (unpaired) electrons. The molecule has 0 spiro atoms. The number of carbonyl (C=O) groups is 1. The molecule has 1 aliphatic rings. The van der Waals surface area contributed by atoms with Crippen molar-refractivity contribution >= 4 is 16.9 Å². The highest BCUT2D eigenvalue weighted by molar-refractivity contribution is 5.80. The maximum absolute atomic E-state index is 12.1. The molecule has 1 saturated heterocycles. The third-order valence-electron chi connectivity index (χ3n) is 6.21. The number of benzene rings is 2. The van der Waals surface area contributed by atoms with E-state index in [1.807, 2.05) is 6.07 Å². The van der Waals surface area contributed by atoms with Crippen LogP contribution in [-0.2, 0) is 22.5 Å². The Hall–Kier alpha value is -2.86. The molecule has 1 fully saturated rings. The van der Waals surface area contributed by atoms with Crippen molar-refractivity contribution in [3.05, 3.63) is 59.4 Å². The van der Waals surface area contributed by atoms with E-state index in [0.717, 1.165) is 62.2 Å². The second-order valence-corrected chi connectivity index (χ2v) is 8.89. The minimum Gasteiger partial charge on any atom is -0.493 e. The number of nitrogens with zero attached hydrogens (tertiary/aromatic N) is 2. The summed E-state index contributed by atoms with van der Waals surface area (Å²) in [6, 6.07) is 14.6. The van der Waals surface area contributed by atoms with Crippen LogP contribution in [0.1, 0.15) is 49.1 Å². The molecule has 4 rings (SSSR count). The van der Waals surface area contributed by atoms with Gasteiger partial charge >= 0.3 is 0 Å². The summed E-state index contributed by atoms with van der Waals surface area (Å²) in [5.74, 6) is 2.08. The van der Waals surface area contributed by atoms with E-state index >= 15 is 0 Å². The average molecular weight is 450 g/mol. The number of fused-ring (bicyclic) bond motifs is 1. The van der Waals surface area contributed by atoms with E-state index in [-0.39, 0.29) is 12.0 Å². The van der Waals surface area contributed by atoms with Crippen molar-refractivity contribution in [1.29, 1.82) is 0 Å². The number of aromatic nitrogens is 2. The van der Waals surface area contributed by atoms with Gasteiger partial charge in [0.2, 0.25) is 5.91 Å². The van der Waals surface area contributed by atoms with Crippen molar-refractivity contribution in [2.24, 2.45) is 0 Å². The standard InChI is InChI=1S/C27H35N3O3/c1-20-13-14-21(2)25(19-20)33-17-6-5-16-30-23-10-4-3-9-22(23)29-26(30)12-7-15-28-27(31)24-11-8-18-32-24/h3-4,9-10,13-14,19,24H,5-8,11-12,15-18H2,1-2H3,(H,28,31). The van der Waals surface area contributed by atoms with Gasteiger partial charge in [0.1, 0.15) is 17.7 Å². The number of hydrogen-bond donors (Lipinski definition) is 1. The first-order valence-electron chi connectivity index (χ1n) is 12.2. The van der Waals surface area contributed by atoms with E-state index < -0.39 is 0 Å². The molecule has 2 aromatic carbocycles. The molecule has 33 heavy (non-hydrogen) atoms. The van der Waals surface area contributed by atoms with Gasteiger partial charge in [-0.05, 0) is 75.3 Å². The molecule has 176 valence electrons. The third-order valence-corrected chi connectivity index (χ3v) is 6.21. The van der Waals surface area contributed by atoms with Crippen LogP contribution in [0.2, 0.25) is 0 Å². The van der Waals surface area contributed by atoms with Crippen molar-refractivity contribution in [1.82, 2.24) is 14.9 Å². The molecule has 2 heterocycles. The Morgan fingerprint density at radius 2 is 2.06 bits per heavy atom. The van der Waals surface area contributed by atoms with Gasteiger partial charge in [0.25, 0.3) is 0 Å². The van der Waals surface area contributed by atoms with Gasteiger partial charge in [-0.25, -0.2) is 4.98 Å². The number of unbranched alkanes of at least 4 members (excludes halogenated alkanes) is 1. The Labute approximate surface area is 196 Å². The van der Waals surface area contributed by atoms with Crippen molar-refractivity contribution in [2.45, 2.75) is 65.0 Å². The van der Waals surface area contributed by atoms with E-state index in [1.165, 1.54) is 16.6 Å². The van der Waals surface area contributed by atoms with Crippen LogP contribution < -0.4 is 10.1 Å². The fraction of sp³-hybridized carbons (Fsp3) is 0.481. The molecule has 6 heteroatoms. The maximum Gasteiger partial charge on any atom is 0.249 e. The van der Waals surface area contributed by atoms with Crippen molar-refractivity contribution in [3.63, 3.8) is 0 Å². The number of hydrogen-bond acceptors (Lipinski definition) is 4. The zero-order chi connectivity index (χ0) is 23.0. The van der Waals surface area contributed by atoms with Gasteiger partial charge in [-0.15, -0.1) is 0 Å². The number of imidazole rings is 1. The van der Waals surface area contributed by atoms with Crippen LogP contribution in [0.25, 0.3) is 11.0 Å². The van der Waals surface area contributed by atoms with Crippen molar-refractivity contribution < 1.29 is 14.3 Å². The minimum atomic E-state index is -0.264. The average Bonchev–Trinajstić information content (AvgIpc) is 3.47. The molecular weight excluding hydrogens is 414 g/mol. The maximum atomic E-state index is 12.1. The molecule has 1 unspecified atom stereocenters. The Bertz CT molecular complexity index is 1070. The molecule has 3 aromatic rings. The van der Waals surface area contributed by atoms with Crippen molar-refractivity contribution in [3.8, 4) is 5.75 Å². The van der Waals surface area contributed by atoms with Gasteiger partial charge < -0.3 is 19.4 Å². The summed E-state index contributed by atoms with van der Waals surface area (Å²) < 4.78 is 13.8. The van der Waals surface area contributed by atoms with Gasteiger partial charge in [-0.3, -0.25) is 4.79 Å². The summed E-state index contributed by atoms with van der Waals surface area (Å²) in [5, 5.41) is 3.01. The zero-order valence-electron chi connectivity index (χ0n) is 19.8. The molecule has 1 aromatic heterocycles. The van der Waals surface area contributed by atoms with E-state index in [0.29, 0.717) is 19.8 Å². The molecule has 0 aliphatic carbocycles. The van der Waals surface area contributed by atoms with Crippen LogP contribution in [-0.4, -0.2) is 41.3 Å². The lowest BCUT2D eigenvalue weighted by Gasteiger charge is -2.12. The zero-order valence-corrected chi connectivity index (χ0v) is 19.8. The highest BCUT2D eigenvalue weighted by Gasteiger charge is 2.22. The summed E-state index contributed by atoms with van der Waals surface area (Å²) in [7, 11) is 0. The van der Waals surface area contributed by atoms with Crippen LogP contribution in [0, 0.1) is 13.8 Å².